The minimum atomic E-state index is -3.68. The van der Waals surface area contributed by atoms with E-state index in [0.717, 1.165) is 0 Å². The van der Waals surface area contributed by atoms with E-state index in [1.165, 1.54) is 40.7 Å². The maximum absolute atomic E-state index is 12.8. The lowest BCUT2D eigenvalue weighted by molar-refractivity contribution is -0.384. The van der Waals surface area contributed by atoms with E-state index in [9.17, 15) is 28.7 Å². The lowest BCUT2D eigenvalue weighted by Gasteiger charge is -2.31. The van der Waals surface area contributed by atoms with Crippen LogP contribution in [0.25, 0.3) is 0 Å². The second-order valence-corrected chi connectivity index (χ2v) is 9.65. The highest BCUT2D eigenvalue weighted by Crippen LogP contribution is 2.25. The summed E-state index contributed by atoms with van der Waals surface area (Å²) in [4.78, 5) is 10.2. The summed E-state index contributed by atoms with van der Waals surface area (Å²) in [5.74, 6) is 0.984. The molecule has 1 fully saturated rings. The van der Waals surface area contributed by atoms with Gasteiger partial charge in [0.1, 0.15) is 24.2 Å². The monoisotopic (exact) mass is 465 g/mol. The van der Waals surface area contributed by atoms with Crippen LogP contribution in [0.1, 0.15) is 12.8 Å². The van der Waals surface area contributed by atoms with Gasteiger partial charge in [-0.3, -0.25) is 10.1 Å². The molecule has 174 valence electrons. The number of benzene rings is 2. The molecular formula is C21H27N3O7S. The van der Waals surface area contributed by atoms with Crippen LogP contribution in [0, 0.1) is 16.0 Å². The first kappa shape index (κ1) is 23.9. The third-order valence-electron chi connectivity index (χ3n) is 5.35. The summed E-state index contributed by atoms with van der Waals surface area (Å²) in [6.45, 7) is 1.86. The van der Waals surface area contributed by atoms with Gasteiger partial charge in [-0.2, -0.15) is 4.31 Å². The molecule has 32 heavy (non-hydrogen) atoms. The fraction of sp³-hybridized carbons (Fsp3) is 0.429. The maximum atomic E-state index is 12.8. The number of sulfonamides is 1. The zero-order valence-electron chi connectivity index (χ0n) is 17.5. The third-order valence-corrected chi connectivity index (χ3v) is 7.26. The lowest BCUT2D eigenvalue weighted by Crippen LogP contribution is -2.42. The number of ether oxygens (including phenoxy) is 1. The number of phenols is 1. The molecule has 1 unspecified atom stereocenters. The Balaban J connectivity index is 1.38. The van der Waals surface area contributed by atoms with Gasteiger partial charge < -0.3 is 20.3 Å². The Hall–Kier alpha value is -2.73. The second-order valence-electron chi connectivity index (χ2n) is 7.72. The van der Waals surface area contributed by atoms with E-state index < -0.39 is 21.1 Å². The number of nitro groups is 1. The van der Waals surface area contributed by atoms with Crippen LogP contribution in [-0.2, 0) is 10.0 Å². The average Bonchev–Trinajstić information content (AvgIpc) is 2.79. The fourth-order valence-corrected chi connectivity index (χ4v) is 4.96. The van der Waals surface area contributed by atoms with Gasteiger partial charge in [-0.1, -0.05) is 0 Å². The lowest BCUT2D eigenvalue weighted by atomic mass is 9.98. The molecular weight excluding hydrogens is 438 g/mol. The average molecular weight is 466 g/mol. The van der Waals surface area contributed by atoms with Crippen molar-refractivity contribution in [3.05, 3.63) is 58.6 Å². The molecule has 0 saturated carbocycles. The first-order chi connectivity index (χ1) is 15.3. The van der Waals surface area contributed by atoms with Gasteiger partial charge in [0.15, 0.2) is 0 Å². The van der Waals surface area contributed by atoms with Crippen molar-refractivity contribution >= 4 is 15.7 Å². The van der Waals surface area contributed by atoms with Crippen LogP contribution in [0.3, 0.4) is 0 Å². The van der Waals surface area contributed by atoms with Crippen molar-refractivity contribution in [2.24, 2.45) is 5.92 Å². The van der Waals surface area contributed by atoms with Gasteiger partial charge in [-0.25, -0.2) is 8.42 Å². The standard InChI is InChI=1S/C21H27N3O7S/c25-18-3-5-20(6-4-18)31-15-19(26)14-22-13-16-9-11-23(12-10-16)32(29,30)21-7-1-17(2-8-21)24(27)28/h1-8,16,19,22,25-26H,9-15H2. The molecule has 2 aromatic carbocycles. The van der Waals surface area contributed by atoms with E-state index in [1.807, 2.05) is 0 Å². The van der Waals surface area contributed by atoms with E-state index in [1.54, 1.807) is 12.1 Å². The van der Waals surface area contributed by atoms with Crippen LogP contribution in [0.4, 0.5) is 5.69 Å². The number of nitrogens with zero attached hydrogens (tertiary/aromatic N) is 2. The molecule has 0 bridgehead atoms. The summed E-state index contributed by atoms with van der Waals surface area (Å²) >= 11 is 0. The smallest absolute Gasteiger partial charge is 0.269 e. The molecule has 0 spiro atoms. The molecule has 0 amide bonds. The number of aliphatic hydroxyl groups excluding tert-OH is 1. The molecule has 10 nitrogen and oxygen atoms in total. The molecule has 3 rings (SSSR count). The first-order valence-corrected chi connectivity index (χ1v) is 11.7. The number of hydrogen-bond donors (Lipinski definition) is 3. The predicted octanol–water partition coefficient (Wildman–Crippen LogP) is 1.73. The van der Waals surface area contributed by atoms with Crippen molar-refractivity contribution in [3.63, 3.8) is 0 Å². The number of non-ortho nitro benzene ring substituents is 1. The maximum Gasteiger partial charge on any atom is 0.269 e. The van der Waals surface area contributed by atoms with Crippen molar-refractivity contribution in [1.29, 1.82) is 0 Å². The molecule has 1 saturated heterocycles. The molecule has 0 aromatic heterocycles. The predicted molar refractivity (Wildman–Crippen MR) is 117 cm³/mol. The molecule has 0 radical (unpaired) electrons. The highest BCUT2D eigenvalue weighted by atomic mass is 32.2. The zero-order chi connectivity index (χ0) is 23.1. The quantitative estimate of drug-likeness (QED) is 0.356. The normalized spacial score (nSPS) is 16.5. The molecule has 11 heteroatoms. The van der Waals surface area contributed by atoms with Gasteiger partial charge in [0.05, 0.1) is 9.82 Å². The van der Waals surface area contributed by atoms with Crippen molar-refractivity contribution < 1.29 is 28.3 Å². The molecule has 3 N–H and O–H groups in total. The van der Waals surface area contributed by atoms with E-state index in [4.69, 9.17) is 4.74 Å². The van der Waals surface area contributed by atoms with Gasteiger partial charge in [-0.05, 0) is 61.7 Å². The van der Waals surface area contributed by atoms with Gasteiger partial charge in [-0.15, -0.1) is 0 Å². The van der Waals surface area contributed by atoms with E-state index >= 15 is 0 Å². The van der Waals surface area contributed by atoms with Crippen molar-refractivity contribution in [1.82, 2.24) is 9.62 Å². The van der Waals surface area contributed by atoms with Crippen molar-refractivity contribution in [2.45, 2.75) is 23.8 Å². The molecule has 1 aliphatic heterocycles. The van der Waals surface area contributed by atoms with Crippen LogP contribution < -0.4 is 10.1 Å². The Morgan fingerprint density at radius 2 is 1.75 bits per heavy atom. The SMILES string of the molecule is O=[N+]([O-])c1ccc(S(=O)(=O)N2CCC(CNCC(O)COc3ccc(O)cc3)CC2)cc1. The molecule has 2 aromatic rings. The van der Waals surface area contributed by atoms with Gasteiger partial charge in [0.2, 0.25) is 10.0 Å². The number of piperidine rings is 1. The minimum Gasteiger partial charge on any atom is -0.508 e. The second kappa shape index (κ2) is 10.7. The number of phenolic OH excluding ortho intramolecular Hbond substituents is 1. The van der Waals surface area contributed by atoms with E-state index in [2.05, 4.69) is 5.32 Å². The van der Waals surface area contributed by atoms with Crippen LogP contribution in [0.15, 0.2) is 53.4 Å². The zero-order valence-corrected chi connectivity index (χ0v) is 18.3. The molecule has 1 aliphatic rings. The third kappa shape index (κ3) is 6.39. The number of nitro benzene ring substituents is 1. The molecule has 0 aliphatic carbocycles. The topological polar surface area (TPSA) is 142 Å². The number of hydrogen-bond acceptors (Lipinski definition) is 8. The highest BCUT2D eigenvalue weighted by molar-refractivity contribution is 7.89. The Kier molecular flexibility index (Phi) is 8.02. The van der Waals surface area contributed by atoms with E-state index in [-0.39, 0.29) is 28.9 Å². The number of nitrogens with one attached hydrogen (secondary N) is 1. The summed E-state index contributed by atoms with van der Waals surface area (Å²) in [5.41, 5.74) is -0.149. The van der Waals surface area contributed by atoms with Gasteiger partial charge >= 0.3 is 0 Å². The Morgan fingerprint density at radius 1 is 1.12 bits per heavy atom. The van der Waals surface area contributed by atoms with Crippen LogP contribution >= 0.6 is 0 Å². The van der Waals surface area contributed by atoms with Crippen LogP contribution in [-0.4, -0.2) is 66.7 Å². The number of aliphatic hydroxyl groups is 1. The summed E-state index contributed by atoms with van der Waals surface area (Å²) in [6, 6.07) is 11.2. The van der Waals surface area contributed by atoms with Crippen molar-refractivity contribution in [2.75, 3.05) is 32.8 Å². The summed E-state index contributed by atoms with van der Waals surface area (Å²) in [7, 11) is -3.68. The van der Waals surface area contributed by atoms with Crippen LogP contribution in [0.2, 0.25) is 0 Å². The number of rotatable bonds is 10. The fourth-order valence-electron chi connectivity index (χ4n) is 3.49. The summed E-state index contributed by atoms with van der Waals surface area (Å²) in [6.07, 6.45) is 0.657. The largest absolute Gasteiger partial charge is 0.508 e. The Morgan fingerprint density at radius 3 is 2.34 bits per heavy atom. The molecule has 1 atom stereocenters. The Labute approximate surface area is 186 Å². The Bertz CT molecular complexity index is 989. The van der Waals surface area contributed by atoms with Gasteiger partial charge in [0.25, 0.3) is 5.69 Å². The molecule has 1 heterocycles. The minimum absolute atomic E-state index is 0.0522. The summed E-state index contributed by atoms with van der Waals surface area (Å²) in [5, 5.41) is 33.3. The first-order valence-electron chi connectivity index (χ1n) is 10.3. The van der Waals surface area contributed by atoms with Crippen molar-refractivity contribution in [3.8, 4) is 11.5 Å². The van der Waals surface area contributed by atoms with Gasteiger partial charge in [0, 0.05) is 31.8 Å². The summed E-state index contributed by atoms with van der Waals surface area (Å²) < 4.78 is 32.4. The van der Waals surface area contributed by atoms with Crippen LogP contribution in [0.5, 0.6) is 11.5 Å². The van der Waals surface area contributed by atoms with E-state index in [0.29, 0.717) is 44.8 Å². The number of aromatic hydroxyl groups is 1. The highest BCUT2D eigenvalue weighted by Gasteiger charge is 2.29.